The van der Waals surface area contributed by atoms with Crippen LogP contribution in [0.15, 0.2) is 0 Å². The summed E-state index contributed by atoms with van der Waals surface area (Å²) in [5.41, 5.74) is 6.55. The summed E-state index contributed by atoms with van der Waals surface area (Å²) in [5.74, 6) is 0. The average Bonchev–Trinajstić information content (AvgIpc) is 2.69. The summed E-state index contributed by atoms with van der Waals surface area (Å²) in [6.07, 6.45) is 13.2. The van der Waals surface area contributed by atoms with Crippen molar-refractivity contribution in [3.8, 4) is 0 Å². The number of nitrogens with two attached hydrogens (primary N) is 1. The smallest absolute Gasteiger partial charge is 0.0101 e. The molecular formula is C33H76N4. The predicted octanol–water partition coefficient (Wildman–Crippen LogP) is 8.97. The third kappa shape index (κ3) is 40.5. The monoisotopic (exact) mass is 529 g/mol. The van der Waals surface area contributed by atoms with Crippen LogP contribution in [-0.4, -0.2) is 40.3 Å². The molecule has 4 nitrogen and oxygen atoms in total. The molecule has 0 bridgehead atoms. The van der Waals surface area contributed by atoms with E-state index < -0.39 is 0 Å². The molecule has 0 amide bonds. The maximum Gasteiger partial charge on any atom is 0.0101 e. The van der Waals surface area contributed by atoms with Crippen LogP contribution in [0.5, 0.6) is 0 Å². The lowest BCUT2D eigenvalue weighted by molar-refractivity contribution is 0.295. The van der Waals surface area contributed by atoms with E-state index in [0.29, 0.717) is 17.6 Å². The van der Waals surface area contributed by atoms with E-state index in [1.165, 1.54) is 57.8 Å². The van der Waals surface area contributed by atoms with Crippen molar-refractivity contribution < 1.29 is 0 Å². The number of hydrogen-bond donors (Lipinski definition) is 4. The molecule has 0 radical (unpaired) electrons. The normalized spacial score (nSPS) is 16.8. The number of nitrogens with one attached hydrogen (secondary N) is 3. The quantitative estimate of drug-likeness (QED) is 0.254. The first-order chi connectivity index (χ1) is 16.5. The molecule has 0 spiro atoms. The molecular weight excluding hydrogens is 452 g/mol. The summed E-state index contributed by atoms with van der Waals surface area (Å²) < 4.78 is 0. The van der Waals surface area contributed by atoms with Gasteiger partial charge in [0.2, 0.25) is 0 Å². The molecule has 1 saturated carbocycles. The van der Waals surface area contributed by atoms with E-state index in [1.54, 1.807) is 0 Å². The zero-order valence-electron chi connectivity index (χ0n) is 28.9. The average molecular weight is 529 g/mol. The molecule has 1 aliphatic carbocycles. The number of rotatable bonds is 8. The van der Waals surface area contributed by atoms with E-state index in [9.17, 15) is 0 Å². The predicted molar refractivity (Wildman–Crippen MR) is 173 cm³/mol. The maximum absolute atomic E-state index is 5.72. The van der Waals surface area contributed by atoms with Crippen molar-refractivity contribution in [1.82, 2.24) is 16.0 Å². The van der Waals surface area contributed by atoms with Gasteiger partial charge in [0.25, 0.3) is 0 Å². The molecule has 0 aliphatic heterocycles. The molecule has 2 unspecified atom stereocenters. The zero-order valence-corrected chi connectivity index (χ0v) is 28.9. The van der Waals surface area contributed by atoms with Gasteiger partial charge in [0.15, 0.2) is 0 Å². The number of hydrogen-bond acceptors (Lipinski definition) is 4. The van der Waals surface area contributed by atoms with Crippen molar-refractivity contribution in [2.24, 2.45) is 5.73 Å². The van der Waals surface area contributed by atoms with Crippen molar-refractivity contribution in [2.45, 2.75) is 215 Å². The summed E-state index contributed by atoms with van der Waals surface area (Å²) in [6, 6.07) is 2.16. The fourth-order valence-corrected chi connectivity index (χ4v) is 4.34. The minimum Gasteiger partial charge on any atom is -0.326 e. The van der Waals surface area contributed by atoms with Gasteiger partial charge in [0.1, 0.15) is 0 Å². The first kappa shape index (κ1) is 41.3. The van der Waals surface area contributed by atoms with E-state index in [1.807, 2.05) is 0 Å². The molecule has 0 aromatic heterocycles. The van der Waals surface area contributed by atoms with Crippen LogP contribution < -0.4 is 21.7 Å². The first-order valence-electron chi connectivity index (χ1n) is 15.7. The van der Waals surface area contributed by atoms with Crippen LogP contribution in [0.4, 0.5) is 0 Å². The third-order valence-corrected chi connectivity index (χ3v) is 5.96. The van der Waals surface area contributed by atoms with E-state index in [2.05, 4.69) is 127 Å². The van der Waals surface area contributed by atoms with Gasteiger partial charge in [-0.25, -0.2) is 0 Å². The Morgan fingerprint density at radius 2 is 1.08 bits per heavy atom. The van der Waals surface area contributed by atoms with Crippen molar-refractivity contribution >= 4 is 0 Å². The molecule has 2 atom stereocenters. The lowest BCUT2D eigenvalue weighted by Gasteiger charge is -2.31. The molecule has 0 heterocycles. The van der Waals surface area contributed by atoms with Crippen LogP contribution >= 0.6 is 0 Å². The lowest BCUT2D eigenvalue weighted by atomic mass is 9.93. The first-order valence-corrected chi connectivity index (χ1v) is 15.7. The fourth-order valence-electron chi connectivity index (χ4n) is 4.34. The van der Waals surface area contributed by atoms with Crippen molar-refractivity contribution in [1.29, 1.82) is 0 Å². The topological polar surface area (TPSA) is 62.1 Å². The van der Waals surface area contributed by atoms with E-state index in [0.717, 1.165) is 12.5 Å². The summed E-state index contributed by atoms with van der Waals surface area (Å²) >= 11 is 0. The van der Waals surface area contributed by atoms with Crippen LogP contribution in [0.25, 0.3) is 0 Å². The molecule has 1 aliphatic rings. The lowest BCUT2D eigenvalue weighted by Crippen LogP contribution is -2.48. The second kappa shape index (κ2) is 20.7. The molecule has 1 fully saturated rings. The Labute approximate surface area is 236 Å². The van der Waals surface area contributed by atoms with Gasteiger partial charge < -0.3 is 21.7 Å². The summed E-state index contributed by atoms with van der Waals surface area (Å²) in [7, 11) is 0. The second-order valence-electron chi connectivity index (χ2n) is 15.2. The zero-order chi connectivity index (χ0) is 29.9. The highest BCUT2D eigenvalue weighted by Gasteiger charge is 2.19. The summed E-state index contributed by atoms with van der Waals surface area (Å²) in [5, 5.41) is 10.6. The third-order valence-electron chi connectivity index (χ3n) is 5.96. The Bertz CT molecular complexity index is 462. The summed E-state index contributed by atoms with van der Waals surface area (Å²) in [6.45, 7) is 35.0. The Hall–Kier alpha value is -0.160. The molecule has 0 aromatic carbocycles. The molecule has 37 heavy (non-hydrogen) atoms. The van der Waals surface area contributed by atoms with E-state index in [-0.39, 0.29) is 16.6 Å². The van der Waals surface area contributed by atoms with Gasteiger partial charge in [0.05, 0.1) is 0 Å². The van der Waals surface area contributed by atoms with Crippen LogP contribution in [-0.2, 0) is 0 Å². The highest BCUT2D eigenvalue weighted by molar-refractivity contribution is 4.81. The minimum absolute atomic E-state index is 0.0516. The van der Waals surface area contributed by atoms with E-state index in [4.69, 9.17) is 5.73 Å². The maximum atomic E-state index is 5.72. The number of unbranched alkanes of at least 4 members (excludes halogenated alkanes) is 1. The fraction of sp³-hybridized carbons (Fsp3) is 1.00. The van der Waals surface area contributed by atoms with Crippen LogP contribution in [0.3, 0.4) is 0 Å². The van der Waals surface area contributed by atoms with E-state index >= 15 is 0 Å². The van der Waals surface area contributed by atoms with Crippen molar-refractivity contribution in [3.63, 3.8) is 0 Å². The van der Waals surface area contributed by atoms with Crippen LogP contribution in [0.2, 0.25) is 0 Å². The SMILES string of the molecule is CC(C)(C)NC(C)(C)C.CC(C)(C)NC1CCCCC1.CCC(C)NC(C)CC.CCCCC(C)(C)N. The van der Waals surface area contributed by atoms with Gasteiger partial charge in [-0.05, 0) is 122 Å². The minimum atomic E-state index is 0.0516. The van der Waals surface area contributed by atoms with Gasteiger partial charge in [0, 0.05) is 40.3 Å². The Kier molecular flexibility index (Phi) is 23.1. The standard InChI is InChI=1S/C10H21N.2C8H19N.C7H17N/c1-10(2,3)11-9-7-5-4-6-8-9;1-7(2,3)9-8(4,5)6;1-5-7(3)9-8(4)6-2;1-4-5-6-7(2,3)8/h9,11H,4-8H2,1-3H3;9H,1-6H3;7-9H,5-6H2,1-4H3;4-6,8H2,1-3H3. The van der Waals surface area contributed by atoms with Crippen LogP contribution in [0.1, 0.15) is 175 Å². The van der Waals surface area contributed by atoms with Gasteiger partial charge in [-0.3, -0.25) is 0 Å². The molecule has 5 N–H and O–H groups in total. The highest BCUT2D eigenvalue weighted by Crippen LogP contribution is 2.19. The molecule has 4 heteroatoms. The van der Waals surface area contributed by atoms with Gasteiger partial charge in [-0.15, -0.1) is 0 Å². The summed E-state index contributed by atoms with van der Waals surface area (Å²) in [4.78, 5) is 0. The second-order valence-corrected chi connectivity index (χ2v) is 15.2. The van der Waals surface area contributed by atoms with Crippen molar-refractivity contribution in [3.05, 3.63) is 0 Å². The Morgan fingerprint density at radius 1 is 0.676 bits per heavy atom. The molecule has 0 aromatic rings. The van der Waals surface area contributed by atoms with Crippen LogP contribution in [0, 0.1) is 0 Å². The largest absolute Gasteiger partial charge is 0.326 e. The Morgan fingerprint density at radius 3 is 1.30 bits per heavy atom. The van der Waals surface area contributed by atoms with Gasteiger partial charge in [-0.1, -0.05) is 52.9 Å². The molecule has 228 valence electrons. The Balaban J connectivity index is -0.000000420. The highest BCUT2D eigenvalue weighted by atomic mass is 15.0. The van der Waals surface area contributed by atoms with Gasteiger partial charge in [-0.2, -0.15) is 0 Å². The van der Waals surface area contributed by atoms with Gasteiger partial charge >= 0.3 is 0 Å². The van der Waals surface area contributed by atoms with Crippen molar-refractivity contribution in [2.75, 3.05) is 0 Å². The molecule has 0 saturated heterocycles. The molecule has 1 rings (SSSR count).